The Labute approximate surface area is 218 Å². The van der Waals surface area contributed by atoms with Gasteiger partial charge in [-0.25, -0.2) is 4.39 Å². The normalized spacial score (nSPS) is 13.7. The first-order valence-corrected chi connectivity index (χ1v) is 11.9. The van der Waals surface area contributed by atoms with Crippen LogP contribution in [0.5, 0.6) is 17.2 Å². The lowest BCUT2D eigenvalue weighted by molar-refractivity contribution is -0.115. The second-order valence-electron chi connectivity index (χ2n) is 8.32. The molecule has 1 amide bonds. The first-order valence-electron chi connectivity index (χ1n) is 11.1. The maximum Gasteiger partial charge on any atom is 0.228 e. The Morgan fingerprint density at radius 1 is 1.00 bits per heavy atom. The van der Waals surface area contributed by atoms with Gasteiger partial charge in [-0.1, -0.05) is 35.3 Å². The molecule has 36 heavy (non-hydrogen) atoms. The molecule has 2 N–H and O–H groups in total. The van der Waals surface area contributed by atoms with Crippen LogP contribution in [0.25, 0.3) is 11.1 Å². The van der Waals surface area contributed by atoms with Gasteiger partial charge in [0.1, 0.15) is 5.82 Å². The number of amides is 1. The minimum Gasteiger partial charge on any atom is -0.502 e. The molecule has 8 heteroatoms. The highest BCUT2D eigenvalue weighted by Gasteiger charge is 2.26. The van der Waals surface area contributed by atoms with Crippen molar-refractivity contribution >= 4 is 45.9 Å². The van der Waals surface area contributed by atoms with Crippen molar-refractivity contribution in [2.45, 2.75) is 19.8 Å². The van der Waals surface area contributed by atoms with Crippen LogP contribution in [-0.2, 0) is 11.2 Å². The zero-order valence-electron chi connectivity index (χ0n) is 19.9. The van der Waals surface area contributed by atoms with Crippen LogP contribution in [-0.4, -0.2) is 25.2 Å². The first-order chi connectivity index (χ1) is 17.2. The molecule has 0 atom stereocenters. The summed E-state index contributed by atoms with van der Waals surface area (Å²) in [5.74, 6) is -0.0815. The molecule has 3 aromatic rings. The van der Waals surface area contributed by atoms with Gasteiger partial charge in [-0.05, 0) is 89.2 Å². The van der Waals surface area contributed by atoms with Crippen LogP contribution >= 0.6 is 23.2 Å². The highest BCUT2D eigenvalue weighted by Crippen LogP contribution is 2.44. The molecule has 0 saturated carbocycles. The number of aromatic hydroxyl groups is 1. The van der Waals surface area contributed by atoms with Gasteiger partial charge in [0.05, 0.1) is 30.7 Å². The third-order valence-corrected chi connectivity index (χ3v) is 6.81. The number of allylic oxidation sites excluding steroid dienone is 3. The number of methoxy groups -OCH3 is 2. The van der Waals surface area contributed by atoms with Crippen molar-refractivity contribution in [1.29, 1.82) is 0 Å². The summed E-state index contributed by atoms with van der Waals surface area (Å²) in [5.41, 5.74) is 5.46. The molecule has 0 spiro atoms. The van der Waals surface area contributed by atoms with E-state index >= 15 is 0 Å². The van der Waals surface area contributed by atoms with Crippen LogP contribution in [0.3, 0.4) is 0 Å². The van der Waals surface area contributed by atoms with Crippen LogP contribution in [0.15, 0.2) is 60.2 Å². The summed E-state index contributed by atoms with van der Waals surface area (Å²) in [5, 5.41) is 13.7. The minimum absolute atomic E-state index is 0.0563. The Kier molecular flexibility index (Phi) is 7.57. The van der Waals surface area contributed by atoms with E-state index in [0.717, 1.165) is 27.8 Å². The summed E-state index contributed by atoms with van der Waals surface area (Å²) < 4.78 is 24.7. The average Bonchev–Trinajstić information content (AvgIpc) is 3.10. The van der Waals surface area contributed by atoms with Gasteiger partial charge in [-0.15, -0.1) is 0 Å². The van der Waals surface area contributed by atoms with E-state index in [1.165, 1.54) is 26.4 Å². The van der Waals surface area contributed by atoms with Crippen molar-refractivity contribution in [3.05, 3.63) is 92.7 Å². The van der Waals surface area contributed by atoms with E-state index in [1.54, 1.807) is 36.4 Å². The smallest absolute Gasteiger partial charge is 0.228 e. The fraction of sp³-hybridized carbons (Fsp3) is 0.179. The Morgan fingerprint density at radius 3 is 2.33 bits per heavy atom. The van der Waals surface area contributed by atoms with Gasteiger partial charge in [0.25, 0.3) is 0 Å². The minimum atomic E-state index is -0.377. The van der Waals surface area contributed by atoms with Crippen LogP contribution in [0.4, 0.5) is 10.1 Å². The number of ether oxygens (including phenoxy) is 2. The van der Waals surface area contributed by atoms with E-state index in [0.29, 0.717) is 39.2 Å². The van der Waals surface area contributed by atoms with Crippen molar-refractivity contribution in [1.82, 2.24) is 0 Å². The number of carbonyl (C=O) groups is 1. The summed E-state index contributed by atoms with van der Waals surface area (Å²) in [4.78, 5) is 12.9. The lowest BCUT2D eigenvalue weighted by Gasteiger charge is -2.11. The molecule has 3 aromatic carbocycles. The number of halogens is 3. The van der Waals surface area contributed by atoms with Crippen molar-refractivity contribution in [3.63, 3.8) is 0 Å². The Morgan fingerprint density at radius 2 is 1.69 bits per heavy atom. The Bertz CT molecular complexity index is 1390. The van der Waals surface area contributed by atoms with Crippen LogP contribution < -0.4 is 14.8 Å². The number of fused-ring (bicyclic) bond motifs is 1. The number of phenols is 1. The third-order valence-electron chi connectivity index (χ3n) is 6.08. The molecule has 0 aliphatic heterocycles. The predicted molar refractivity (Wildman–Crippen MR) is 142 cm³/mol. The summed E-state index contributed by atoms with van der Waals surface area (Å²) >= 11 is 12.0. The largest absolute Gasteiger partial charge is 0.502 e. The lowest BCUT2D eigenvalue weighted by atomic mass is 10.00. The maximum atomic E-state index is 14.2. The molecule has 0 heterocycles. The topological polar surface area (TPSA) is 67.8 Å². The van der Waals surface area contributed by atoms with Crippen LogP contribution in [0.2, 0.25) is 10.0 Å². The summed E-state index contributed by atoms with van der Waals surface area (Å²) in [6.45, 7) is 1.92. The molecule has 0 unspecified atom stereocenters. The molecular weight excluding hydrogens is 504 g/mol. The number of rotatable bonds is 7. The Balaban J connectivity index is 1.64. The van der Waals surface area contributed by atoms with E-state index in [4.69, 9.17) is 32.7 Å². The van der Waals surface area contributed by atoms with Crippen molar-refractivity contribution in [2.24, 2.45) is 0 Å². The van der Waals surface area contributed by atoms with E-state index in [1.807, 2.05) is 13.0 Å². The standard InChI is InChI=1S/C28H24Cl2FNO4/c1-15-19(7-4-16-10-25(35-2)28(34)26(11-16)36-3)20-8-5-17(31)12-22(20)21(15)14-27(33)32-18-6-9-23(29)24(30)13-18/h5-13,34H,4,14H2,1-3H3,(H,32,33)/b19-7-. The van der Waals surface area contributed by atoms with Gasteiger partial charge in [0.2, 0.25) is 11.7 Å². The molecule has 0 bridgehead atoms. The maximum absolute atomic E-state index is 14.2. The van der Waals surface area contributed by atoms with Gasteiger partial charge in [-0.3, -0.25) is 4.79 Å². The van der Waals surface area contributed by atoms with Crippen LogP contribution in [0.1, 0.15) is 30.0 Å². The average molecular weight is 528 g/mol. The third kappa shape index (κ3) is 5.20. The molecule has 186 valence electrons. The quantitative estimate of drug-likeness (QED) is 0.338. The molecule has 1 aliphatic rings. The first kappa shape index (κ1) is 25.6. The van der Waals surface area contributed by atoms with Gasteiger partial charge >= 0.3 is 0 Å². The lowest BCUT2D eigenvalue weighted by Crippen LogP contribution is -2.12. The molecule has 1 aliphatic carbocycles. The van der Waals surface area contributed by atoms with Crippen molar-refractivity contribution in [2.75, 3.05) is 19.5 Å². The van der Waals surface area contributed by atoms with Crippen molar-refractivity contribution in [3.8, 4) is 17.2 Å². The van der Waals surface area contributed by atoms with Crippen LogP contribution in [0, 0.1) is 5.82 Å². The number of nitrogens with one attached hydrogen (secondary N) is 1. The SMILES string of the molecule is COc1cc(C/C=C2/C(C)=C(CC(=O)Nc3ccc(Cl)c(Cl)c3)c3cc(F)ccc32)cc(OC)c1O. The van der Waals surface area contributed by atoms with E-state index in [9.17, 15) is 14.3 Å². The zero-order chi connectivity index (χ0) is 26.0. The monoisotopic (exact) mass is 527 g/mol. The second-order valence-corrected chi connectivity index (χ2v) is 9.13. The molecule has 5 nitrogen and oxygen atoms in total. The molecule has 4 rings (SSSR count). The van der Waals surface area contributed by atoms with Gasteiger partial charge < -0.3 is 19.9 Å². The number of benzene rings is 3. The summed E-state index contributed by atoms with van der Waals surface area (Å²) in [6.07, 6.45) is 2.57. The Hall–Kier alpha value is -3.48. The fourth-order valence-corrected chi connectivity index (χ4v) is 4.58. The fourth-order valence-electron chi connectivity index (χ4n) is 4.28. The number of anilines is 1. The number of hydrogen-bond acceptors (Lipinski definition) is 4. The number of phenolic OH excluding ortho intramolecular Hbond substituents is 1. The van der Waals surface area contributed by atoms with Gasteiger partial charge in [0, 0.05) is 5.69 Å². The van der Waals surface area contributed by atoms with Gasteiger partial charge in [-0.2, -0.15) is 0 Å². The number of carbonyl (C=O) groups excluding carboxylic acids is 1. The molecular formula is C28H24Cl2FNO4. The highest BCUT2D eigenvalue weighted by molar-refractivity contribution is 6.42. The molecule has 0 aromatic heterocycles. The second kappa shape index (κ2) is 10.6. The highest BCUT2D eigenvalue weighted by atomic mass is 35.5. The summed E-state index contributed by atoms with van der Waals surface area (Å²) in [7, 11) is 2.95. The predicted octanol–water partition coefficient (Wildman–Crippen LogP) is 7.30. The number of hydrogen-bond donors (Lipinski definition) is 2. The van der Waals surface area contributed by atoms with Crippen molar-refractivity contribution < 1.29 is 23.8 Å². The molecule has 0 saturated heterocycles. The summed E-state index contributed by atoms with van der Waals surface area (Å²) in [6, 6.07) is 12.9. The molecule has 0 radical (unpaired) electrons. The van der Waals surface area contributed by atoms with Gasteiger partial charge in [0.15, 0.2) is 11.5 Å². The van der Waals surface area contributed by atoms with E-state index in [-0.39, 0.29) is 23.9 Å². The van der Waals surface area contributed by atoms with E-state index < -0.39 is 0 Å². The van der Waals surface area contributed by atoms with E-state index in [2.05, 4.69) is 5.32 Å². The molecule has 0 fully saturated rings. The zero-order valence-corrected chi connectivity index (χ0v) is 21.4.